The Morgan fingerprint density at radius 1 is 0.833 bits per heavy atom. The van der Waals surface area contributed by atoms with E-state index in [4.69, 9.17) is 5.21 Å². The van der Waals surface area contributed by atoms with E-state index in [0.717, 1.165) is 16.7 Å². The van der Waals surface area contributed by atoms with Gasteiger partial charge in [-0.1, -0.05) is 66.7 Å². The van der Waals surface area contributed by atoms with Crippen LogP contribution in [0.3, 0.4) is 0 Å². The van der Waals surface area contributed by atoms with E-state index in [0.29, 0.717) is 5.56 Å². The highest BCUT2D eigenvalue weighted by atomic mass is 19.1. The molecule has 0 fully saturated rings. The third-order valence-electron chi connectivity index (χ3n) is 3.90. The molecule has 4 heteroatoms. The number of hydroxylamine groups is 1. The number of halogens is 1. The second-order valence-electron chi connectivity index (χ2n) is 5.45. The number of amides is 1. The zero-order valence-electron chi connectivity index (χ0n) is 12.8. The Labute approximate surface area is 139 Å². The number of hydrogen-bond donors (Lipinski definition) is 2. The number of carbonyl (C=O) groups is 1. The summed E-state index contributed by atoms with van der Waals surface area (Å²) in [6.45, 7) is 0. The van der Waals surface area contributed by atoms with Crippen molar-refractivity contribution in [2.75, 3.05) is 0 Å². The van der Waals surface area contributed by atoms with Crippen LogP contribution in [0.15, 0.2) is 78.9 Å². The molecule has 0 saturated heterocycles. The summed E-state index contributed by atoms with van der Waals surface area (Å²) in [5.41, 5.74) is 5.02. The lowest BCUT2D eigenvalue weighted by atomic mass is 9.89. The molecule has 0 heterocycles. The maximum atomic E-state index is 13.2. The maximum absolute atomic E-state index is 13.2. The number of nitrogens with one attached hydrogen (secondary N) is 1. The zero-order valence-corrected chi connectivity index (χ0v) is 12.8. The molecule has 1 amide bonds. The van der Waals surface area contributed by atoms with E-state index in [-0.39, 0.29) is 5.82 Å². The van der Waals surface area contributed by atoms with E-state index in [1.165, 1.54) is 12.1 Å². The van der Waals surface area contributed by atoms with Crippen molar-refractivity contribution in [2.45, 2.75) is 5.92 Å². The van der Waals surface area contributed by atoms with Gasteiger partial charge >= 0.3 is 0 Å². The molecule has 0 saturated carbocycles. The summed E-state index contributed by atoms with van der Waals surface area (Å²) in [5, 5.41) is 9.10. The Morgan fingerprint density at radius 3 is 2.17 bits per heavy atom. The minimum absolute atomic E-state index is 0.375. The highest BCUT2D eigenvalue weighted by molar-refractivity contribution is 5.86. The molecule has 3 aromatic rings. The molecule has 1 unspecified atom stereocenters. The Morgan fingerprint density at radius 2 is 1.50 bits per heavy atom. The van der Waals surface area contributed by atoms with Gasteiger partial charge in [-0.15, -0.1) is 0 Å². The third-order valence-corrected chi connectivity index (χ3v) is 3.90. The molecule has 0 spiro atoms. The molecule has 2 N–H and O–H groups in total. The van der Waals surface area contributed by atoms with Crippen LogP contribution in [-0.4, -0.2) is 11.1 Å². The minimum Gasteiger partial charge on any atom is -0.289 e. The van der Waals surface area contributed by atoms with Gasteiger partial charge in [-0.05, 0) is 34.4 Å². The van der Waals surface area contributed by atoms with Crippen LogP contribution < -0.4 is 5.48 Å². The van der Waals surface area contributed by atoms with E-state index in [2.05, 4.69) is 0 Å². The second kappa shape index (κ2) is 7.06. The maximum Gasteiger partial charge on any atom is 0.255 e. The molecule has 0 aliphatic heterocycles. The lowest BCUT2D eigenvalue weighted by Gasteiger charge is -2.17. The molecule has 1 atom stereocenters. The predicted molar refractivity (Wildman–Crippen MR) is 90.1 cm³/mol. The monoisotopic (exact) mass is 321 g/mol. The topological polar surface area (TPSA) is 49.3 Å². The van der Waals surface area contributed by atoms with Gasteiger partial charge in [0.1, 0.15) is 5.82 Å². The summed E-state index contributed by atoms with van der Waals surface area (Å²) >= 11 is 0. The van der Waals surface area contributed by atoms with Crippen LogP contribution in [0.1, 0.15) is 17.0 Å². The van der Waals surface area contributed by atoms with Gasteiger partial charge in [0.25, 0.3) is 5.91 Å². The van der Waals surface area contributed by atoms with E-state index in [9.17, 15) is 9.18 Å². The zero-order chi connectivity index (χ0) is 16.9. The molecule has 3 aromatic carbocycles. The molecule has 3 rings (SSSR count). The van der Waals surface area contributed by atoms with Crippen LogP contribution in [0.4, 0.5) is 4.39 Å². The first-order valence-corrected chi connectivity index (χ1v) is 7.54. The van der Waals surface area contributed by atoms with Gasteiger partial charge in [-0.3, -0.25) is 10.0 Å². The number of carbonyl (C=O) groups excluding carboxylic acids is 1. The largest absolute Gasteiger partial charge is 0.289 e. The van der Waals surface area contributed by atoms with Crippen LogP contribution in [-0.2, 0) is 4.79 Å². The summed E-state index contributed by atoms with van der Waals surface area (Å²) in [5.74, 6) is -1.66. The van der Waals surface area contributed by atoms with Gasteiger partial charge in [0.2, 0.25) is 0 Å². The standard InChI is InChI=1S/C20H16FNO2/c21-18-11-9-15(10-12-18)19(20(23)22-24)17-8-4-7-16(13-17)14-5-2-1-3-6-14/h1-13,19,24H,(H,22,23). The molecule has 0 aliphatic carbocycles. The van der Waals surface area contributed by atoms with Crippen LogP contribution in [0.25, 0.3) is 11.1 Å². The van der Waals surface area contributed by atoms with E-state index < -0.39 is 11.8 Å². The fourth-order valence-electron chi connectivity index (χ4n) is 2.74. The van der Waals surface area contributed by atoms with Gasteiger partial charge < -0.3 is 0 Å². The molecule has 0 bridgehead atoms. The summed E-state index contributed by atoms with van der Waals surface area (Å²) < 4.78 is 13.2. The van der Waals surface area contributed by atoms with Crippen LogP contribution >= 0.6 is 0 Å². The first-order valence-electron chi connectivity index (χ1n) is 7.54. The van der Waals surface area contributed by atoms with Gasteiger partial charge in [-0.25, -0.2) is 9.87 Å². The van der Waals surface area contributed by atoms with Crippen molar-refractivity contribution in [1.82, 2.24) is 5.48 Å². The molecule has 0 aromatic heterocycles. The third kappa shape index (κ3) is 3.34. The van der Waals surface area contributed by atoms with Crippen LogP contribution in [0.5, 0.6) is 0 Å². The molecule has 24 heavy (non-hydrogen) atoms. The van der Waals surface area contributed by atoms with Gasteiger partial charge in [0.05, 0.1) is 5.92 Å². The lowest BCUT2D eigenvalue weighted by molar-refractivity contribution is -0.129. The second-order valence-corrected chi connectivity index (χ2v) is 5.45. The van der Waals surface area contributed by atoms with Crippen molar-refractivity contribution >= 4 is 5.91 Å². The van der Waals surface area contributed by atoms with Crippen molar-refractivity contribution in [3.8, 4) is 11.1 Å². The Hall–Kier alpha value is -2.98. The number of rotatable bonds is 4. The molecular formula is C20H16FNO2. The van der Waals surface area contributed by atoms with Crippen molar-refractivity contribution in [2.24, 2.45) is 0 Å². The smallest absolute Gasteiger partial charge is 0.255 e. The van der Waals surface area contributed by atoms with Crippen LogP contribution in [0, 0.1) is 5.82 Å². The Bertz CT molecular complexity index is 832. The SMILES string of the molecule is O=C(NO)C(c1ccc(F)cc1)c1cccc(-c2ccccc2)c1. The lowest BCUT2D eigenvalue weighted by Crippen LogP contribution is -2.27. The minimum atomic E-state index is -0.723. The van der Waals surface area contributed by atoms with E-state index >= 15 is 0 Å². The summed E-state index contributed by atoms with van der Waals surface area (Å²) in [6.07, 6.45) is 0. The van der Waals surface area contributed by atoms with Crippen LogP contribution in [0.2, 0.25) is 0 Å². The quantitative estimate of drug-likeness (QED) is 0.561. The van der Waals surface area contributed by atoms with E-state index in [1.807, 2.05) is 54.6 Å². The first-order chi connectivity index (χ1) is 11.7. The molecule has 0 radical (unpaired) electrons. The summed E-state index contributed by atoms with van der Waals surface area (Å²) in [6, 6.07) is 23.0. The Balaban J connectivity index is 2.05. The highest BCUT2D eigenvalue weighted by Crippen LogP contribution is 2.29. The normalized spacial score (nSPS) is 11.8. The predicted octanol–water partition coefficient (Wildman–Crippen LogP) is 4.13. The van der Waals surface area contributed by atoms with Gasteiger partial charge in [0, 0.05) is 0 Å². The van der Waals surface area contributed by atoms with Crippen molar-refractivity contribution < 1.29 is 14.4 Å². The van der Waals surface area contributed by atoms with Crippen molar-refractivity contribution in [3.05, 3.63) is 95.8 Å². The molecule has 3 nitrogen and oxygen atoms in total. The van der Waals surface area contributed by atoms with Crippen molar-refractivity contribution in [3.63, 3.8) is 0 Å². The van der Waals surface area contributed by atoms with Gasteiger partial charge in [0.15, 0.2) is 0 Å². The average molecular weight is 321 g/mol. The summed E-state index contributed by atoms with van der Waals surface area (Å²) in [4.78, 5) is 12.2. The van der Waals surface area contributed by atoms with E-state index in [1.54, 1.807) is 17.6 Å². The fourth-order valence-corrected chi connectivity index (χ4v) is 2.74. The highest BCUT2D eigenvalue weighted by Gasteiger charge is 2.23. The number of hydrogen-bond acceptors (Lipinski definition) is 2. The summed E-state index contributed by atoms with van der Waals surface area (Å²) in [7, 11) is 0. The van der Waals surface area contributed by atoms with Crippen molar-refractivity contribution in [1.29, 1.82) is 0 Å². The fraction of sp³-hybridized carbons (Fsp3) is 0.0500. The number of benzene rings is 3. The molecule has 0 aliphatic rings. The average Bonchev–Trinajstić information content (AvgIpc) is 2.64. The Kier molecular flexibility index (Phi) is 4.68. The molecule has 120 valence electrons. The van der Waals surface area contributed by atoms with Gasteiger partial charge in [-0.2, -0.15) is 0 Å². The first kappa shape index (κ1) is 15.9. The molecular weight excluding hydrogens is 305 g/mol.